The number of sulfonamides is 1. The van der Waals surface area contributed by atoms with E-state index >= 15 is 0 Å². The summed E-state index contributed by atoms with van der Waals surface area (Å²) in [7, 11) is -0.232. The molecule has 0 atom stereocenters. The Balaban J connectivity index is 1.98. The number of anilines is 1. The molecule has 5 heteroatoms. The van der Waals surface area contributed by atoms with Crippen LogP contribution < -0.4 is 5.32 Å². The molecular formula is C14H22N2O2S. The van der Waals surface area contributed by atoms with Crippen LogP contribution in [0.15, 0.2) is 29.2 Å². The Hall–Kier alpha value is -1.07. The van der Waals surface area contributed by atoms with Gasteiger partial charge >= 0.3 is 0 Å². The maximum Gasteiger partial charge on any atom is 0.242 e. The molecule has 1 aliphatic rings. The van der Waals surface area contributed by atoms with Crippen molar-refractivity contribution in [2.75, 3.05) is 26.0 Å². The van der Waals surface area contributed by atoms with Gasteiger partial charge in [0.15, 0.2) is 0 Å². The number of rotatable bonds is 5. The fraction of sp³-hybridized carbons (Fsp3) is 0.571. The maximum atomic E-state index is 11.9. The van der Waals surface area contributed by atoms with Crippen LogP contribution in [0.25, 0.3) is 0 Å². The minimum absolute atomic E-state index is 0.337. The topological polar surface area (TPSA) is 49.4 Å². The van der Waals surface area contributed by atoms with Crippen LogP contribution >= 0.6 is 0 Å². The zero-order valence-corrected chi connectivity index (χ0v) is 12.4. The average Bonchev–Trinajstić information content (AvgIpc) is 2.90. The first kappa shape index (κ1) is 14.3. The van der Waals surface area contributed by atoms with Crippen molar-refractivity contribution in [3.8, 4) is 0 Å². The van der Waals surface area contributed by atoms with Crippen LogP contribution in [0, 0.1) is 5.92 Å². The third kappa shape index (κ3) is 3.48. The zero-order valence-electron chi connectivity index (χ0n) is 11.6. The Morgan fingerprint density at radius 2 is 1.74 bits per heavy atom. The minimum atomic E-state index is -3.32. The number of hydrogen-bond donors (Lipinski definition) is 1. The van der Waals surface area contributed by atoms with Gasteiger partial charge in [-0.3, -0.25) is 0 Å². The number of nitrogens with one attached hydrogen (secondary N) is 1. The van der Waals surface area contributed by atoms with E-state index in [2.05, 4.69) is 5.32 Å². The van der Waals surface area contributed by atoms with Gasteiger partial charge in [-0.05, 0) is 43.0 Å². The molecule has 0 amide bonds. The van der Waals surface area contributed by atoms with Gasteiger partial charge in [0.25, 0.3) is 0 Å². The molecule has 0 unspecified atom stereocenters. The molecule has 1 fully saturated rings. The van der Waals surface area contributed by atoms with Gasteiger partial charge in [0.1, 0.15) is 0 Å². The third-order valence-electron chi connectivity index (χ3n) is 3.70. The highest BCUT2D eigenvalue weighted by atomic mass is 32.2. The van der Waals surface area contributed by atoms with E-state index < -0.39 is 10.0 Å². The molecule has 0 heterocycles. The van der Waals surface area contributed by atoms with E-state index in [1.54, 1.807) is 26.2 Å². The number of hydrogen-bond acceptors (Lipinski definition) is 3. The van der Waals surface area contributed by atoms with Crippen molar-refractivity contribution >= 4 is 15.7 Å². The number of nitrogens with zero attached hydrogens (tertiary/aromatic N) is 1. The lowest BCUT2D eigenvalue weighted by molar-refractivity contribution is 0.521. The molecule has 1 aromatic rings. The largest absolute Gasteiger partial charge is 0.385 e. The quantitative estimate of drug-likeness (QED) is 0.903. The van der Waals surface area contributed by atoms with Gasteiger partial charge in [-0.15, -0.1) is 0 Å². The fourth-order valence-electron chi connectivity index (χ4n) is 2.43. The molecule has 106 valence electrons. The Bertz CT molecular complexity index is 503. The predicted molar refractivity (Wildman–Crippen MR) is 77.8 cm³/mol. The van der Waals surface area contributed by atoms with Crippen LogP contribution in [0.3, 0.4) is 0 Å². The van der Waals surface area contributed by atoms with Crippen molar-refractivity contribution in [3.63, 3.8) is 0 Å². The molecule has 0 saturated heterocycles. The summed E-state index contributed by atoms with van der Waals surface area (Å²) < 4.78 is 25.1. The van der Waals surface area contributed by atoms with Gasteiger partial charge < -0.3 is 5.32 Å². The van der Waals surface area contributed by atoms with Crippen molar-refractivity contribution in [1.82, 2.24) is 4.31 Å². The highest BCUT2D eigenvalue weighted by molar-refractivity contribution is 7.89. The summed E-state index contributed by atoms with van der Waals surface area (Å²) in [5.41, 5.74) is 0.990. The highest BCUT2D eigenvalue weighted by Gasteiger charge is 2.17. The van der Waals surface area contributed by atoms with Crippen LogP contribution in [0.1, 0.15) is 25.7 Å². The van der Waals surface area contributed by atoms with E-state index in [1.807, 2.05) is 12.1 Å². The summed E-state index contributed by atoms with van der Waals surface area (Å²) in [4.78, 5) is 0.337. The second kappa shape index (κ2) is 5.92. The molecule has 1 N–H and O–H groups in total. The normalized spacial score (nSPS) is 17.0. The van der Waals surface area contributed by atoms with E-state index in [-0.39, 0.29) is 0 Å². The summed E-state index contributed by atoms with van der Waals surface area (Å²) in [6.45, 7) is 0.986. The molecule has 1 aromatic carbocycles. The van der Waals surface area contributed by atoms with Gasteiger partial charge in [-0.2, -0.15) is 0 Å². The standard InChI is InChI=1S/C14H22N2O2S/c1-16(2)19(17,18)14-9-7-13(8-10-14)15-11-12-5-3-4-6-12/h7-10,12,15H,3-6,11H2,1-2H3. The van der Waals surface area contributed by atoms with Gasteiger partial charge in [-0.1, -0.05) is 12.8 Å². The molecule has 4 nitrogen and oxygen atoms in total. The zero-order chi connectivity index (χ0) is 13.9. The fourth-order valence-corrected chi connectivity index (χ4v) is 3.33. The van der Waals surface area contributed by atoms with Crippen molar-refractivity contribution in [3.05, 3.63) is 24.3 Å². The number of benzene rings is 1. The maximum absolute atomic E-state index is 11.9. The molecule has 2 rings (SSSR count). The van der Waals surface area contributed by atoms with Crippen LogP contribution in [0.5, 0.6) is 0 Å². The lowest BCUT2D eigenvalue weighted by Crippen LogP contribution is -2.22. The first-order valence-corrected chi connectivity index (χ1v) is 8.20. The van der Waals surface area contributed by atoms with E-state index in [0.717, 1.165) is 18.2 Å². The first-order chi connectivity index (χ1) is 9.00. The smallest absolute Gasteiger partial charge is 0.242 e. The SMILES string of the molecule is CN(C)S(=O)(=O)c1ccc(NCC2CCCC2)cc1. The van der Waals surface area contributed by atoms with Crippen molar-refractivity contribution in [2.24, 2.45) is 5.92 Å². The van der Waals surface area contributed by atoms with E-state index in [4.69, 9.17) is 0 Å². The molecule has 0 aromatic heterocycles. The second-order valence-corrected chi connectivity index (χ2v) is 7.50. The van der Waals surface area contributed by atoms with E-state index in [9.17, 15) is 8.42 Å². The lowest BCUT2D eigenvalue weighted by atomic mass is 10.1. The van der Waals surface area contributed by atoms with Crippen LogP contribution in [0.4, 0.5) is 5.69 Å². The Labute approximate surface area is 115 Å². The van der Waals surface area contributed by atoms with Gasteiger partial charge in [0, 0.05) is 26.3 Å². The third-order valence-corrected chi connectivity index (χ3v) is 5.53. The molecular weight excluding hydrogens is 260 g/mol. The Morgan fingerprint density at radius 3 is 2.26 bits per heavy atom. The van der Waals surface area contributed by atoms with Crippen LogP contribution in [-0.4, -0.2) is 33.4 Å². The van der Waals surface area contributed by atoms with Crippen molar-refractivity contribution < 1.29 is 8.42 Å². The monoisotopic (exact) mass is 282 g/mol. The summed E-state index contributed by atoms with van der Waals surface area (Å²) in [6, 6.07) is 7.00. The van der Waals surface area contributed by atoms with E-state index in [0.29, 0.717) is 4.90 Å². The summed E-state index contributed by atoms with van der Waals surface area (Å²) in [5, 5.41) is 3.39. The minimum Gasteiger partial charge on any atom is -0.385 e. The average molecular weight is 282 g/mol. The summed E-state index contributed by atoms with van der Waals surface area (Å²) >= 11 is 0. The summed E-state index contributed by atoms with van der Waals surface area (Å²) in [5.74, 6) is 0.769. The van der Waals surface area contributed by atoms with Gasteiger partial charge in [0.05, 0.1) is 4.90 Å². The lowest BCUT2D eigenvalue weighted by Gasteiger charge is -2.14. The molecule has 0 radical (unpaired) electrons. The molecule has 19 heavy (non-hydrogen) atoms. The van der Waals surface area contributed by atoms with Gasteiger partial charge in [-0.25, -0.2) is 12.7 Å². The van der Waals surface area contributed by atoms with Crippen LogP contribution in [-0.2, 0) is 10.0 Å². The first-order valence-electron chi connectivity index (χ1n) is 6.76. The molecule has 0 bridgehead atoms. The summed E-state index contributed by atoms with van der Waals surface area (Å²) in [6.07, 6.45) is 5.29. The molecule has 0 spiro atoms. The Kier molecular flexibility index (Phi) is 4.47. The van der Waals surface area contributed by atoms with Crippen molar-refractivity contribution in [1.29, 1.82) is 0 Å². The van der Waals surface area contributed by atoms with Crippen LogP contribution in [0.2, 0.25) is 0 Å². The second-order valence-electron chi connectivity index (χ2n) is 5.34. The molecule has 0 aliphatic heterocycles. The molecule has 1 aliphatic carbocycles. The Morgan fingerprint density at radius 1 is 1.16 bits per heavy atom. The van der Waals surface area contributed by atoms with Gasteiger partial charge in [0.2, 0.25) is 10.0 Å². The van der Waals surface area contributed by atoms with Crippen molar-refractivity contribution in [2.45, 2.75) is 30.6 Å². The molecule has 1 saturated carbocycles. The van der Waals surface area contributed by atoms with E-state index in [1.165, 1.54) is 30.0 Å². The predicted octanol–water partition coefficient (Wildman–Crippen LogP) is 2.54. The highest BCUT2D eigenvalue weighted by Crippen LogP contribution is 2.25.